The van der Waals surface area contributed by atoms with Crippen LogP contribution in [0.15, 0.2) is 41.3 Å². The Morgan fingerprint density at radius 3 is 2.45 bits per heavy atom. The summed E-state index contributed by atoms with van der Waals surface area (Å²) in [4.78, 5) is 15.4. The molecule has 2 saturated heterocycles. The van der Waals surface area contributed by atoms with Gasteiger partial charge in [-0.1, -0.05) is 18.2 Å². The van der Waals surface area contributed by atoms with Crippen LogP contribution in [0.25, 0.3) is 0 Å². The fourth-order valence-corrected chi connectivity index (χ4v) is 5.96. The first-order valence-corrected chi connectivity index (χ1v) is 12.4. The van der Waals surface area contributed by atoms with Crippen LogP contribution in [0.5, 0.6) is 0 Å². The number of ether oxygens (including phenoxy) is 1. The SMILES string of the molecule is Cc1cc(C(=O)CN2CCN(S(=O)(=O)c3ccccc3)CC2)c(C)n1C[C@H]1CCCO1. The largest absolute Gasteiger partial charge is 0.376 e. The summed E-state index contributed by atoms with van der Waals surface area (Å²) >= 11 is 0. The number of piperazine rings is 1. The topological polar surface area (TPSA) is 71.9 Å². The van der Waals surface area contributed by atoms with Crippen molar-refractivity contribution in [1.29, 1.82) is 0 Å². The lowest BCUT2D eigenvalue weighted by Gasteiger charge is -2.33. The smallest absolute Gasteiger partial charge is 0.243 e. The molecule has 2 aromatic rings. The second-order valence-electron chi connectivity index (χ2n) is 8.45. The second kappa shape index (κ2) is 9.24. The number of benzene rings is 1. The number of aryl methyl sites for hydroxylation is 1. The molecule has 1 atom stereocenters. The van der Waals surface area contributed by atoms with Crippen molar-refractivity contribution in [2.75, 3.05) is 39.3 Å². The van der Waals surface area contributed by atoms with Crippen LogP contribution in [0.2, 0.25) is 0 Å². The molecule has 168 valence electrons. The number of nitrogens with zero attached hydrogens (tertiary/aromatic N) is 3. The summed E-state index contributed by atoms with van der Waals surface area (Å²) in [6.45, 7) is 7.84. The Kier molecular flexibility index (Phi) is 6.62. The minimum Gasteiger partial charge on any atom is -0.376 e. The highest BCUT2D eigenvalue weighted by molar-refractivity contribution is 7.89. The number of carbonyl (C=O) groups is 1. The lowest BCUT2D eigenvalue weighted by molar-refractivity contribution is 0.0896. The predicted octanol–water partition coefficient (Wildman–Crippen LogP) is 2.47. The molecule has 4 rings (SSSR count). The Hall–Kier alpha value is -2.00. The Labute approximate surface area is 184 Å². The summed E-state index contributed by atoms with van der Waals surface area (Å²) in [5.74, 6) is 0.0889. The van der Waals surface area contributed by atoms with Gasteiger partial charge in [0.2, 0.25) is 10.0 Å². The van der Waals surface area contributed by atoms with E-state index in [-0.39, 0.29) is 11.9 Å². The summed E-state index contributed by atoms with van der Waals surface area (Å²) in [7, 11) is -3.48. The molecule has 7 nitrogen and oxygen atoms in total. The molecule has 0 saturated carbocycles. The molecule has 31 heavy (non-hydrogen) atoms. The molecular formula is C23H31N3O4S. The van der Waals surface area contributed by atoms with Crippen molar-refractivity contribution in [2.45, 2.75) is 44.2 Å². The van der Waals surface area contributed by atoms with E-state index in [0.717, 1.165) is 42.9 Å². The predicted molar refractivity (Wildman–Crippen MR) is 119 cm³/mol. The van der Waals surface area contributed by atoms with Crippen molar-refractivity contribution in [1.82, 2.24) is 13.8 Å². The molecule has 8 heteroatoms. The van der Waals surface area contributed by atoms with Gasteiger partial charge in [0.05, 0.1) is 17.5 Å². The van der Waals surface area contributed by atoms with E-state index in [9.17, 15) is 13.2 Å². The number of ketones is 1. The minimum atomic E-state index is -3.48. The summed E-state index contributed by atoms with van der Waals surface area (Å²) in [6, 6.07) is 10.5. The summed E-state index contributed by atoms with van der Waals surface area (Å²) in [6.07, 6.45) is 2.39. The standard InChI is InChI=1S/C23H31N3O4S/c1-18-15-22(19(2)26(18)16-20-7-6-14-30-20)23(27)17-24-10-12-25(13-11-24)31(28,29)21-8-4-3-5-9-21/h3-5,8-9,15,20H,6-7,10-14,16-17H2,1-2H3/t20-/m1/s1. The van der Waals surface area contributed by atoms with E-state index >= 15 is 0 Å². The van der Waals surface area contributed by atoms with E-state index in [1.54, 1.807) is 30.3 Å². The number of rotatable bonds is 7. The van der Waals surface area contributed by atoms with Gasteiger partial charge in [-0.2, -0.15) is 4.31 Å². The van der Waals surface area contributed by atoms with Crippen LogP contribution < -0.4 is 0 Å². The third kappa shape index (κ3) is 4.77. The van der Waals surface area contributed by atoms with Gasteiger partial charge in [0.1, 0.15) is 0 Å². The molecule has 2 aliphatic heterocycles. The number of aromatic nitrogens is 1. The maximum Gasteiger partial charge on any atom is 0.243 e. The van der Waals surface area contributed by atoms with Crippen LogP contribution in [0.1, 0.15) is 34.6 Å². The van der Waals surface area contributed by atoms with Gasteiger partial charge in [-0.15, -0.1) is 0 Å². The lowest BCUT2D eigenvalue weighted by atomic mass is 10.1. The van der Waals surface area contributed by atoms with Gasteiger partial charge in [-0.25, -0.2) is 8.42 Å². The first-order valence-electron chi connectivity index (χ1n) is 11.0. The average molecular weight is 446 g/mol. The Morgan fingerprint density at radius 2 is 1.81 bits per heavy atom. The molecule has 0 aliphatic carbocycles. The van der Waals surface area contributed by atoms with E-state index in [4.69, 9.17) is 4.74 Å². The van der Waals surface area contributed by atoms with Crippen molar-refractivity contribution < 1.29 is 17.9 Å². The van der Waals surface area contributed by atoms with Gasteiger partial charge < -0.3 is 9.30 Å². The van der Waals surface area contributed by atoms with Crippen LogP contribution in [-0.2, 0) is 21.3 Å². The molecule has 0 radical (unpaired) electrons. The quantitative estimate of drug-likeness (QED) is 0.613. The number of sulfonamides is 1. The fraction of sp³-hybridized carbons (Fsp3) is 0.522. The number of hydrogen-bond donors (Lipinski definition) is 0. The molecule has 2 fully saturated rings. The third-order valence-corrected chi connectivity index (χ3v) is 8.28. The Morgan fingerprint density at radius 1 is 1.10 bits per heavy atom. The maximum atomic E-state index is 13.0. The van der Waals surface area contributed by atoms with Gasteiger partial charge >= 0.3 is 0 Å². The first-order chi connectivity index (χ1) is 14.9. The zero-order valence-corrected chi connectivity index (χ0v) is 19.1. The van der Waals surface area contributed by atoms with Crippen LogP contribution in [-0.4, -0.2) is 73.4 Å². The molecule has 0 unspecified atom stereocenters. The number of carbonyl (C=O) groups excluding carboxylic acids is 1. The van der Waals surface area contributed by atoms with E-state index < -0.39 is 10.0 Å². The van der Waals surface area contributed by atoms with Crippen molar-refractivity contribution in [3.8, 4) is 0 Å². The molecule has 0 N–H and O–H groups in total. The Balaban J connectivity index is 1.36. The van der Waals surface area contributed by atoms with Gasteiger partial charge in [0.15, 0.2) is 5.78 Å². The van der Waals surface area contributed by atoms with Crippen LogP contribution in [0.3, 0.4) is 0 Å². The minimum absolute atomic E-state index is 0.0889. The second-order valence-corrected chi connectivity index (χ2v) is 10.4. The van der Waals surface area contributed by atoms with Gasteiger partial charge in [-0.3, -0.25) is 9.69 Å². The van der Waals surface area contributed by atoms with Gasteiger partial charge in [0, 0.05) is 56.3 Å². The van der Waals surface area contributed by atoms with E-state index in [0.29, 0.717) is 37.6 Å². The number of Topliss-reactive ketones (excluding diaryl/α,β-unsaturated/α-hetero) is 1. The zero-order chi connectivity index (χ0) is 22.0. The van der Waals surface area contributed by atoms with Crippen LogP contribution in [0.4, 0.5) is 0 Å². The maximum absolute atomic E-state index is 13.0. The molecule has 1 aromatic carbocycles. The van der Waals surface area contributed by atoms with E-state index in [1.807, 2.05) is 24.8 Å². The van der Waals surface area contributed by atoms with E-state index in [1.165, 1.54) is 4.31 Å². The normalized spacial score (nSPS) is 20.9. The van der Waals surface area contributed by atoms with Crippen molar-refractivity contribution >= 4 is 15.8 Å². The fourth-order valence-electron chi connectivity index (χ4n) is 4.51. The third-order valence-electron chi connectivity index (χ3n) is 6.36. The molecule has 2 aliphatic rings. The highest BCUT2D eigenvalue weighted by Crippen LogP contribution is 2.22. The molecule has 3 heterocycles. The van der Waals surface area contributed by atoms with Gasteiger partial charge in [0.25, 0.3) is 0 Å². The summed E-state index contributed by atoms with van der Waals surface area (Å²) in [5, 5.41) is 0. The zero-order valence-electron chi connectivity index (χ0n) is 18.3. The molecule has 0 amide bonds. The Bertz CT molecular complexity index is 1020. The van der Waals surface area contributed by atoms with E-state index in [2.05, 4.69) is 4.57 Å². The molecule has 0 spiro atoms. The highest BCUT2D eigenvalue weighted by atomic mass is 32.2. The molecule has 1 aromatic heterocycles. The highest BCUT2D eigenvalue weighted by Gasteiger charge is 2.29. The average Bonchev–Trinajstić information content (AvgIpc) is 3.38. The molecular weight excluding hydrogens is 414 g/mol. The molecule has 0 bridgehead atoms. The van der Waals surface area contributed by atoms with Crippen molar-refractivity contribution in [3.63, 3.8) is 0 Å². The van der Waals surface area contributed by atoms with Crippen LogP contribution >= 0.6 is 0 Å². The first kappa shape index (κ1) is 22.2. The van der Waals surface area contributed by atoms with Crippen molar-refractivity contribution in [2.24, 2.45) is 0 Å². The lowest BCUT2D eigenvalue weighted by Crippen LogP contribution is -2.49. The summed E-state index contributed by atoms with van der Waals surface area (Å²) in [5.41, 5.74) is 2.83. The summed E-state index contributed by atoms with van der Waals surface area (Å²) < 4.78 is 35.0. The van der Waals surface area contributed by atoms with Crippen LogP contribution in [0, 0.1) is 13.8 Å². The van der Waals surface area contributed by atoms with Crippen molar-refractivity contribution in [3.05, 3.63) is 53.3 Å². The number of hydrogen-bond acceptors (Lipinski definition) is 5. The monoisotopic (exact) mass is 445 g/mol. The van der Waals surface area contributed by atoms with Gasteiger partial charge in [-0.05, 0) is 44.9 Å².